The van der Waals surface area contributed by atoms with Gasteiger partial charge in [0, 0.05) is 19.8 Å². The molecular weight excluding hydrogens is 330 g/mol. The number of nitrogens with zero attached hydrogens (tertiary/aromatic N) is 3. The molecule has 0 fully saturated rings. The average Bonchev–Trinajstić information content (AvgIpc) is 3.02. The van der Waals surface area contributed by atoms with Gasteiger partial charge in [-0.3, -0.25) is 4.79 Å². The second kappa shape index (κ2) is 7.57. The average molecular weight is 351 g/mol. The first-order valence-corrected chi connectivity index (χ1v) is 9.02. The molecule has 3 aromatic rings. The third-order valence-corrected chi connectivity index (χ3v) is 5.26. The van der Waals surface area contributed by atoms with Gasteiger partial charge in [0.25, 0.3) is 0 Å². The molecule has 0 unspecified atom stereocenters. The number of carbonyl (C=O) groups excluding carboxylic acids is 1. The molecule has 0 radical (unpaired) electrons. The van der Waals surface area contributed by atoms with Crippen molar-refractivity contribution >= 4 is 23.4 Å². The molecule has 0 saturated heterocycles. The normalized spacial score (nSPS) is 12.0. The van der Waals surface area contributed by atoms with E-state index < -0.39 is 0 Å². The van der Waals surface area contributed by atoms with Crippen molar-refractivity contribution in [2.45, 2.75) is 17.3 Å². The highest BCUT2D eigenvalue weighted by molar-refractivity contribution is 8.00. The third kappa shape index (κ3) is 3.77. The summed E-state index contributed by atoms with van der Waals surface area (Å²) < 4.78 is 2.03. The van der Waals surface area contributed by atoms with E-state index in [0.29, 0.717) is 0 Å². The summed E-state index contributed by atoms with van der Waals surface area (Å²) in [4.78, 5) is 18.9. The Labute approximate surface area is 152 Å². The first-order valence-electron chi connectivity index (χ1n) is 8.14. The number of anilines is 1. The molecule has 5 heteroatoms. The van der Waals surface area contributed by atoms with Crippen LogP contribution < -0.4 is 4.90 Å². The van der Waals surface area contributed by atoms with Gasteiger partial charge in [0.1, 0.15) is 0 Å². The molecule has 1 atom stereocenters. The molecule has 128 valence electrons. The van der Waals surface area contributed by atoms with E-state index in [9.17, 15) is 4.79 Å². The van der Waals surface area contributed by atoms with Gasteiger partial charge < -0.3 is 9.47 Å². The Hall–Kier alpha value is -2.53. The van der Waals surface area contributed by atoms with Crippen molar-refractivity contribution in [2.75, 3.05) is 11.9 Å². The summed E-state index contributed by atoms with van der Waals surface area (Å²) in [6.07, 6.45) is 1.86. The highest BCUT2D eigenvalue weighted by Gasteiger charge is 2.22. The fourth-order valence-corrected chi connectivity index (χ4v) is 3.58. The SMILES string of the molecule is C[C@@H](Sc1ncc(-c2ccccc2)n1C)C(=O)N(C)c1ccccc1. The van der Waals surface area contributed by atoms with Crippen LogP contribution in [0.1, 0.15) is 6.92 Å². The molecule has 0 N–H and O–H groups in total. The number of hydrogen-bond acceptors (Lipinski definition) is 3. The van der Waals surface area contributed by atoms with Gasteiger partial charge in [-0.2, -0.15) is 0 Å². The Kier molecular flexibility index (Phi) is 5.24. The number of carbonyl (C=O) groups is 1. The summed E-state index contributed by atoms with van der Waals surface area (Å²) >= 11 is 1.48. The Morgan fingerprint density at radius 1 is 1.08 bits per heavy atom. The van der Waals surface area contributed by atoms with Crippen LogP contribution in [0.3, 0.4) is 0 Å². The quantitative estimate of drug-likeness (QED) is 0.646. The van der Waals surface area contributed by atoms with Crippen molar-refractivity contribution in [2.24, 2.45) is 7.05 Å². The minimum atomic E-state index is -0.227. The largest absolute Gasteiger partial charge is 0.322 e. The molecule has 0 aliphatic rings. The minimum Gasteiger partial charge on any atom is -0.322 e. The Bertz CT molecular complexity index is 846. The number of aromatic nitrogens is 2. The first-order chi connectivity index (χ1) is 12.1. The maximum absolute atomic E-state index is 12.7. The van der Waals surface area contributed by atoms with Gasteiger partial charge in [0.15, 0.2) is 5.16 Å². The van der Waals surface area contributed by atoms with Crippen LogP contribution in [-0.2, 0) is 11.8 Å². The van der Waals surface area contributed by atoms with Crippen LogP contribution in [0.2, 0.25) is 0 Å². The summed E-state index contributed by atoms with van der Waals surface area (Å²) in [6.45, 7) is 1.92. The van der Waals surface area contributed by atoms with Crippen molar-refractivity contribution in [1.29, 1.82) is 0 Å². The number of hydrogen-bond donors (Lipinski definition) is 0. The zero-order valence-corrected chi connectivity index (χ0v) is 15.4. The van der Waals surface area contributed by atoms with E-state index in [0.717, 1.165) is 22.1 Å². The minimum absolute atomic E-state index is 0.0560. The first kappa shape index (κ1) is 17.3. The molecule has 0 aliphatic heterocycles. The number of benzene rings is 2. The Balaban J connectivity index is 1.74. The van der Waals surface area contributed by atoms with Crippen LogP contribution in [0.5, 0.6) is 0 Å². The lowest BCUT2D eigenvalue weighted by atomic mass is 10.2. The van der Waals surface area contributed by atoms with E-state index in [-0.39, 0.29) is 11.2 Å². The van der Waals surface area contributed by atoms with Gasteiger partial charge in [-0.05, 0) is 24.6 Å². The second-order valence-electron chi connectivity index (χ2n) is 5.84. The van der Waals surface area contributed by atoms with Crippen LogP contribution in [0.4, 0.5) is 5.69 Å². The third-order valence-electron chi connectivity index (χ3n) is 4.12. The molecule has 2 aromatic carbocycles. The predicted octanol–water partition coefficient (Wildman–Crippen LogP) is 4.23. The summed E-state index contributed by atoms with van der Waals surface area (Å²) in [5.74, 6) is 0.0560. The van der Waals surface area contributed by atoms with Crippen molar-refractivity contribution < 1.29 is 4.79 Å². The van der Waals surface area contributed by atoms with Gasteiger partial charge in [-0.25, -0.2) is 4.98 Å². The molecule has 0 saturated carbocycles. The van der Waals surface area contributed by atoms with E-state index in [1.165, 1.54) is 11.8 Å². The van der Waals surface area contributed by atoms with E-state index in [1.807, 2.05) is 80.3 Å². The highest BCUT2D eigenvalue weighted by atomic mass is 32.2. The van der Waals surface area contributed by atoms with Crippen LogP contribution >= 0.6 is 11.8 Å². The second-order valence-corrected chi connectivity index (χ2v) is 7.15. The van der Waals surface area contributed by atoms with E-state index >= 15 is 0 Å². The number of thioether (sulfide) groups is 1. The van der Waals surface area contributed by atoms with Gasteiger partial charge in [-0.1, -0.05) is 60.3 Å². The summed E-state index contributed by atoms with van der Waals surface area (Å²) in [5, 5.41) is 0.607. The van der Waals surface area contributed by atoms with Crippen LogP contribution in [0.25, 0.3) is 11.3 Å². The van der Waals surface area contributed by atoms with Gasteiger partial charge in [0.05, 0.1) is 17.1 Å². The monoisotopic (exact) mass is 351 g/mol. The molecular formula is C20H21N3OS. The lowest BCUT2D eigenvalue weighted by Crippen LogP contribution is -2.33. The van der Waals surface area contributed by atoms with Crippen LogP contribution in [0.15, 0.2) is 72.0 Å². The fraction of sp³-hybridized carbons (Fsp3) is 0.200. The zero-order valence-electron chi connectivity index (χ0n) is 14.6. The number of imidazole rings is 1. The molecule has 1 heterocycles. The van der Waals surface area contributed by atoms with Crippen molar-refractivity contribution in [3.05, 3.63) is 66.9 Å². The van der Waals surface area contributed by atoms with Crippen molar-refractivity contribution in [1.82, 2.24) is 9.55 Å². The lowest BCUT2D eigenvalue weighted by Gasteiger charge is -2.21. The zero-order chi connectivity index (χ0) is 17.8. The molecule has 0 bridgehead atoms. The highest BCUT2D eigenvalue weighted by Crippen LogP contribution is 2.28. The van der Waals surface area contributed by atoms with Gasteiger partial charge >= 0.3 is 0 Å². The molecule has 1 aromatic heterocycles. The van der Waals surface area contributed by atoms with E-state index in [1.54, 1.807) is 4.90 Å². The standard InChI is InChI=1S/C20H21N3OS/c1-15(19(24)22(2)17-12-8-5-9-13-17)25-20-21-14-18(23(20)3)16-10-6-4-7-11-16/h4-15H,1-3H3/t15-/m1/s1. The predicted molar refractivity (Wildman–Crippen MR) is 104 cm³/mol. The molecule has 0 spiro atoms. The molecule has 4 nitrogen and oxygen atoms in total. The van der Waals surface area contributed by atoms with E-state index in [4.69, 9.17) is 0 Å². The molecule has 25 heavy (non-hydrogen) atoms. The van der Waals surface area contributed by atoms with Crippen LogP contribution in [-0.4, -0.2) is 27.8 Å². The number of amides is 1. The maximum Gasteiger partial charge on any atom is 0.240 e. The topological polar surface area (TPSA) is 38.1 Å². The smallest absolute Gasteiger partial charge is 0.240 e. The van der Waals surface area contributed by atoms with E-state index in [2.05, 4.69) is 17.1 Å². The molecule has 1 amide bonds. The van der Waals surface area contributed by atoms with Gasteiger partial charge in [-0.15, -0.1) is 0 Å². The Morgan fingerprint density at radius 3 is 2.32 bits per heavy atom. The molecule has 3 rings (SSSR count). The lowest BCUT2D eigenvalue weighted by molar-refractivity contribution is -0.117. The maximum atomic E-state index is 12.7. The van der Waals surface area contributed by atoms with Crippen LogP contribution in [0, 0.1) is 0 Å². The Morgan fingerprint density at radius 2 is 1.68 bits per heavy atom. The summed E-state index contributed by atoms with van der Waals surface area (Å²) in [5.41, 5.74) is 3.05. The fourth-order valence-electron chi connectivity index (χ4n) is 2.64. The summed E-state index contributed by atoms with van der Waals surface area (Å²) in [7, 11) is 3.79. The van der Waals surface area contributed by atoms with Crippen molar-refractivity contribution in [3.8, 4) is 11.3 Å². The molecule has 0 aliphatic carbocycles. The van der Waals surface area contributed by atoms with Crippen molar-refractivity contribution in [3.63, 3.8) is 0 Å². The van der Waals surface area contributed by atoms with Gasteiger partial charge in [0.2, 0.25) is 5.91 Å². The number of para-hydroxylation sites is 1. The number of rotatable bonds is 5. The summed E-state index contributed by atoms with van der Waals surface area (Å²) in [6, 6.07) is 19.8.